The van der Waals surface area contributed by atoms with Gasteiger partial charge in [-0.3, -0.25) is 18.5 Å². The molecule has 1 aliphatic heterocycles. The first-order chi connectivity index (χ1) is 15.4. The summed E-state index contributed by atoms with van der Waals surface area (Å²) in [5, 5.41) is 6.38. The lowest BCUT2D eigenvalue weighted by molar-refractivity contribution is 0.153. The van der Waals surface area contributed by atoms with Crippen LogP contribution in [0.1, 0.15) is 32.4 Å². The summed E-state index contributed by atoms with van der Waals surface area (Å²) in [6.45, 7) is 7.61. The Kier molecular flexibility index (Phi) is 6.09. The lowest BCUT2D eigenvalue weighted by Gasteiger charge is -2.29. The van der Waals surface area contributed by atoms with Crippen LogP contribution < -0.4 is 16.3 Å². The van der Waals surface area contributed by atoms with E-state index < -0.39 is 5.69 Å². The van der Waals surface area contributed by atoms with Crippen molar-refractivity contribution in [2.24, 2.45) is 12.1 Å². The first-order valence-electron chi connectivity index (χ1n) is 10.8. The molecule has 0 bridgehead atoms. The number of anilines is 1. The molecule has 0 N–H and O–H groups in total. The third-order valence-electron chi connectivity index (χ3n) is 5.71. The molecule has 1 atom stereocenters. The van der Waals surface area contributed by atoms with Gasteiger partial charge in [0.2, 0.25) is 5.95 Å². The van der Waals surface area contributed by atoms with Crippen molar-refractivity contribution < 1.29 is 4.74 Å². The van der Waals surface area contributed by atoms with E-state index >= 15 is 0 Å². The van der Waals surface area contributed by atoms with Crippen molar-refractivity contribution in [2.45, 2.75) is 33.4 Å². The van der Waals surface area contributed by atoms with Gasteiger partial charge >= 0.3 is 5.69 Å². The van der Waals surface area contributed by atoms with Gasteiger partial charge < -0.3 is 4.74 Å². The average Bonchev–Trinajstić information content (AvgIpc) is 3.20. The number of nitrogens with zero attached hydrogens (tertiary/aromatic N) is 6. The Labute approximate surface area is 185 Å². The van der Waals surface area contributed by atoms with Crippen molar-refractivity contribution in [3.05, 3.63) is 62.8 Å². The fourth-order valence-corrected chi connectivity index (χ4v) is 3.85. The van der Waals surface area contributed by atoms with Crippen LogP contribution in [0.4, 0.5) is 5.95 Å². The predicted octanol–water partition coefficient (Wildman–Crippen LogP) is 2.40. The Bertz CT molecular complexity index is 1300. The highest BCUT2D eigenvalue weighted by atomic mass is 16.5. The Hall–Kier alpha value is -3.46. The van der Waals surface area contributed by atoms with Crippen LogP contribution in [0.3, 0.4) is 0 Å². The molecule has 0 saturated heterocycles. The van der Waals surface area contributed by atoms with Gasteiger partial charge in [0.05, 0.1) is 24.9 Å². The van der Waals surface area contributed by atoms with Gasteiger partial charge in [-0.15, -0.1) is 0 Å². The third-order valence-corrected chi connectivity index (χ3v) is 5.71. The molecule has 32 heavy (non-hydrogen) atoms. The second kappa shape index (κ2) is 8.96. The van der Waals surface area contributed by atoms with E-state index in [9.17, 15) is 9.59 Å². The SMILES string of the molecule is CCOCCN1N=C(C)[C@@H](C)n2c1nc1c2c(=O)n(C/C=C/c2ccccc2)c(=O)n1C. The number of hydrogen-bond acceptors (Lipinski definition) is 6. The van der Waals surface area contributed by atoms with Gasteiger partial charge in [0.25, 0.3) is 5.56 Å². The maximum Gasteiger partial charge on any atom is 0.332 e. The smallest absolute Gasteiger partial charge is 0.332 e. The van der Waals surface area contributed by atoms with Crippen LogP contribution in [0.2, 0.25) is 0 Å². The van der Waals surface area contributed by atoms with E-state index in [-0.39, 0.29) is 18.1 Å². The zero-order valence-corrected chi connectivity index (χ0v) is 18.9. The van der Waals surface area contributed by atoms with Gasteiger partial charge in [-0.2, -0.15) is 10.1 Å². The van der Waals surface area contributed by atoms with Crippen molar-refractivity contribution in [3.63, 3.8) is 0 Å². The number of fused-ring (bicyclic) bond motifs is 3. The number of benzene rings is 1. The molecule has 3 heterocycles. The standard InChI is InChI=1S/C23H28N6O3/c1-5-32-15-14-28-22-24-20-19(29(22)17(3)16(2)25-28)21(30)27(23(31)26(20)4)13-9-12-18-10-7-6-8-11-18/h6-12,17H,5,13-15H2,1-4H3/b12-9+/t17-/m1/s1. The van der Waals surface area contributed by atoms with E-state index in [0.717, 1.165) is 11.3 Å². The Morgan fingerprint density at radius 1 is 1.19 bits per heavy atom. The van der Waals surface area contributed by atoms with Crippen molar-refractivity contribution in [1.29, 1.82) is 0 Å². The van der Waals surface area contributed by atoms with Gasteiger partial charge in [-0.1, -0.05) is 42.5 Å². The highest BCUT2D eigenvalue weighted by Crippen LogP contribution is 2.29. The van der Waals surface area contributed by atoms with Gasteiger partial charge in [-0.05, 0) is 26.3 Å². The molecule has 0 spiro atoms. The molecule has 0 aliphatic carbocycles. The number of hydrogen-bond donors (Lipinski definition) is 0. The molecule has 0 amide bonds. The fourth-order valence-electron chi connectivity index (χ4n) is 3.85. The highest BCUT2D eigenvalue weighted by molar-refractivity contribution is 5.91. The molecule has 0 radical (unpaired) electrons. The molecule has 9 heteroatoms. The number of aryl methyl sites for hydroxylation is 1. The lowest BCUT2D eigenvalue weighted by atomic mass is 10.2. The quantitative estimate of drug-likeness (QED) is 0.531. The molecule has 1 aromatic carbocycles. The van der Waals surface area contributed by atoms with Crippen molar-refractivity contribution in [2.75, 3.05) is 24.8 Å². The van der Waals surface area contributed by atoms with Crippen LogP contribution >= 0.6 is 0 Å². The van der Waals surface area contributed by atoms with E-state index in [1.54, 1.807) is 12.1 Å². The van der Waals surface area contributed by atoms with Crippen molar-refractivity contribution in [1.82, 2.24) is 18.7 Å². The maximum absolute atomic E-state index is 13.5. The number of allylic oxidation sites excluding steroid dienone is 1. The van der Waals surface area contributed by atoms with Crippen molar-refractivity contribution in [3.8, 4) is 0 Å². The number of rotatable bonds is 7. The summed E-state index contributed by atoms with van der Waals surface area (Å²) in [6, 6.07) is 9.61. The first-order valence-corrected chi connectivity index (χ1v) is 10.8. The minimum absolute atomic E-state index is 0.156. The molecular formula is C23H28N6O3. The Morgan fingerprint density at radius 2 is 1.94 bits per heavy atom. The highest BCUT2D eigenvalue weighted by Gasteiger charge is 2.30. The van der Waals surface area contributed by atoms with Crippen LogP contribution in [-0.4, -0.2) is 44.2 Å². The van der Waals surface area contributed by atoms with E-state index in [1.165, 1.54) is 9.13 Å². The predicted molar refractivity (Wildman–Crippen MR) is 126 cm³/mol. The molecule has 1 aliphatic rings. The van der Waals surface area contributed by atoms with Gasteiger partial charge in [0, 0.05) is 20.2 Å². The van der Waals surface area contributed by atoms with Crippen LogP contribution in [0, 0.1) is 0 Å². The summed E-state index contributed by atoms with van der Waals surface area (Å²) in [5.74, 6) is 0.544. The van der Waals surface area contributed by atoms with E-state index in [0.29, 0.717) is 36.9 Å². The Balaban J connectivity index is 1.80. The number of aromatic nitrogens is 4. The van der Waals surface area contributed by atoms with Crippen LogP contribution in [0.5, 0.6) is 0 Å². The molecule has 0 fully saturated rings. The number of imidazole rings is 1. The topological polar surface area (TPSA) is 86.7 Å². The summed E-state index contributed by atoms with van der Waals surface area (Å²) < 4.78 is 10.0. The molecule has 0 saturated carbocycles. The molecule has 9 nitrogen and oxygen atoms in total. The van der Waals surface area contributed by atoms with Gasteiger partial charge in [-0.25, -0.2) is 9.80 Å². The molecule has 3 aromatic rings. The van der Waals surface area contributed by atoms with E-state index in [1.807, 2.05) is 67.8 Å². The summed E-state index contributed by atoms with van der Waals surface area (Å²) in [5.41, 5.74) is 1.87. The second-order valence-electron chi connectivity index (χ2n) is 7.76. The van der Waals surface area contributed by atoms with Crippen LogP contribution in [0.25, 0.3) is 17.2 Å². The molecule has 168 valence electrons. The van der Waals surface area contributed by atoms with Crippen LogP contribution in [-0.2, 0) is 18.3 Å². The molecule has 4 rings (SSSR count). The zero-order valence-electron chi connectivity index (χ0n) is 18.9. The van der Waals surface area contributed by atoms with E-state index in [4.69, 9.17) is 4.74 Å². The largest absolute Gasteiger partial charge is 0.380 e. The maximum atomic E-state index is 13.5. The summed E-state index contributed by atoms with van der Waals surface area (Å²) >= 11 is 0. The van der Waals surface area contributed by atoms with Gasteiger partial charge in [0.1, 0.15) is 0 Å². The fraction of sp³-hybridized carbons (Fsp3) is 0.391. The van der Waals surface area contributed by atoms with E-state index in [2.05, 4.69) is 10.1 Å². The average molecular weight is 437 g/mol. The zero-order chi connectivity index (χ0) is 22.8. The molecular weight excluding hydrogens is 408 g/mol. The normalized spacial score (nSPS) is 16.1. The Morgan fingerprint density at radius 3 is 2.66 bits per heavy atom. The van der Waals surface area contributed by atoms with Crippen LogP contribution in [0.15, 0.2) is 51.1 Å². The number of hydrazone groups is 1. The summed E-state index contributed by atoms with van der Waals surface area (Å²) in [6.07, 6.45) is 3.72. The first kappa shape index (κ1) is 21.8. The minimum atomic E-state index is -0.401. The van der Waals surface area contributed by atoms with Gasteiger partial charge in [0.15, 0.2) is 11.2 Å². The minimum Gasteiger partial charge on any atom is -0.380 e. The summed E-state index contributed by atoms with van der Waals surface area (Å²) in [7, 11) is 1.64. The molecule has 2 aromatic heterocycles. The third kappa shape index (κ3) is 3.80. The second-order valence-corrected chi connectivity index (χ2v) is 7.76. The number of ether oxygens (including phenoxy) is 1. The molecule has 0 unspecified atom stereocenters. The monoisotopic (exact) mass is 436 g/mol. The summed E-state index contributed by atoms with van der Waals surface area (Å²) in [4.78, 5) is 31.1. The van der Waals surface area contributed by atoms with Crippen molar-refractivity contribution >= 4 is 28.9 Å². The lowest BCUT2D eigenvalue weighted by Crippen LogP contribution is -2.40.